The molecular formula is C25H24ClF4N7O. The van der Waals surface area contributed by atoms with E-state index >= 15 is 0 Å². The van der Waals surface area contributed by atoms with Crippen molar-refractivity contribution < 1.29 is 22.3 Å². The number of rotatable bonds is 3. The molecule has 3 fully saturated rings. The van der Waals surface area contributed by atoms with Crippen LogP contribution in [-0.2, 0) is 17.8 Å². The number of ether oxygens (including phenoxy) is 1. The molecule has 7 rings (SSSR count). The number of nitrogens with zero attached hydrogens (tertiary/aromatic N) is 7. The summed E-state index contributed by atoms with van der Waals surface area (Å²) in [6.45, 7) is 3.89. The topological polar surface area (TPSA) is 62.6 Å². The van der Waals surface area contributed by atoms with Crippen LogP contribution in [-0.4, -0.2) is 75.8 Å². The lowest BCUT2D eigenvalue weighted by Crippen LogP contribution is -2.73. The van der Waals surface area contributed by atoms with Crippen LogP contribution in [0.3, 0.4) is 0 Å². The van der Waals surface area contributed by atoms with E-state index in [4.69, 9.17) is 16.3 Å². The Labute approximate surface area is 220 Å². The molecule has 1 spiro atoms. The molecule has 1 aromatic carbocycles. The fraction of sp³-hybridized carbons (Fsp3) is 0.480. The van der Waals surface area contributed by atoms with Gasteiger partial charge in [0.15, 0.2) is 11.4 Å². The van der Waals surface area contributed by atoms with E-state index in [2.05, 4.69) is 25.0 Å². The van der Waals surface area contributed by atoms with E-state index in [1.54, 1.807) is 25.1 Å². The van der Waals surface area contributed by atoms with E-state index < -0.39 is 24.9 Å². The zero-order valence-electron chi connectivity index (χ0n) is 20.5. The molecule has 2 aromatic heterocycles. The molecule has 6 heterocycles. The van der Waals surface area contributed by atoms with Gasteiger partial charge in [-0.2, -0.15) is 13.2 Å². The molecule has 4 aliphatic rings. The fourth-order valence-electron chi connectivity index (χ4n) is 6.05. The molecule has 0 radical (unpaired) electrons. The van der Waals surface area contributed by atoms with Crippen molar-refractivity contribution in [3.05, 3.63) is 58.3 Å². The Balaban J connectivity index is 1.16. The predicted molar refractivity (Wildman–Crippen MR) is 131 cm³/mol. The van der Waals surface area contributed by atoms with Gasteiger partial charge in [-0.3, -0.25) is 9.47 Å². The van der Waals surface area contributed by atoms with Gasteiger partial charge >= 0.3 is 6.18 Å². The van der Waals surface area contributed by atoms with Crippen molar-refractivity contribution >= 4 is 23.4 Å². The van der Waals surface area contributed by atoms with Gasteiger partial charge in [-0.05, 0) is 42.8 Å². The number of hydrogen-bond acceptors (Lipinski definition) is 7. The highest BCUT2D eigenvalue weighted by Gasteiger charge is 2.64. The Bertz CT molecular complexity index is 1430. The molecule has 13 heteroatoms. The Kier molecular flexibility index (Phi) is 5.09. The van der Waals surface area contributed by atoms with Crippen LogP contribution in [0.1, 0.15) is 17.1 Å². The third-order valence-electron chi connectivity index (χ3n) is 8.22. The Morgan fingerprint density at radius 1 is 0.974 bits per heavy atom. The molecule has 3 aromatic rings. The number of fused-ring (bicyclic) bond motifs is 3. The Morgan fingerprint density at radius 3 is 2.37 bits per heavy atom. The maximum absolute atomic E-state index is 14.2. The van der Waals surface area contributed by atoms with Gasteiger partial charge in [-0.1, -0.05) is 11.6 Å². The monoisotopic (exact) mass is 549 g/mol. The van der Waals surface area contributed by atoms with Gasteiger partial charge in [-0.15, -0.1) is 10.2 Å². The minimum absolute atomic E-state index is 0.0233. The molecule has 0 N–H and O–H groups in total. The highest BCUT2D eigenvalue weighted by atomic mass is 35.5. The summed E-state index contributed by atoms with van der Waals surface area (Å²) in [5, 5.41) is 9.23. The van der Waals surface area contributed by atoms with Gasteiger partial charge in [-0.25, -0.2) is 9.37 Å². The number of pyridine rings is 1. The number of hydrogen-bond donors (Lipinski definition) is 0. The minimum atomic E-state index is -4.46. The smallest absolute Gasteiger partial charge is 0.377 e. The van der Waals surface area contributed by atoms with E-state index in [9.17, 15) is 17.6 Å². The molecule has 0 aliphatic carbocycles. The summed E-state index contributed by atoms with van der Waals surface area (Å²) in [6, 6.07) is 8.39. The molecule has 4 aliphatic heterocycles. The summed E-state index contributed by atoms with van der Waals surface area (Å²) in [5.41, 5.74) is -0.239. The molecule has 8 nitrogen and oxygen atoms in total. The van der Waals surface area contributed by atoms with Crippen LogP contribution in [0.15, 0.2) is 30.3 Å². The van der Waals surface area contributed by atoms with E-state index in [0.29, 0.717) is 28.1 Å². The van der Waals surface area contributed by atoms with Crippen molar-refractivity contribution in [1.82, 2.24) is 24.6 Å². The molecule has 38 heavy (non-hydrogen) atoms. The van der Waals surface area contributed by atoms with Crippen LogP contribution in [0.25, 0.3) is 5.69 Å². The van der Waals surface area contributed by atoms with Gasteiger partial charge in [0.25, 0.3) is 0 Å². The van der Waals surface area contributed by atoms with Crippen molar-refractivity contribution in [2.75, 3.05) is 49.2 Å². The van der Waals surface area contributed by atoms with Crippen molar-refractivity contribution in [3.8, 4) is 5.69 Å². The SMILES string of the molecule is Cc1nc(N2CC3(C2)CN(c2nnc4n2-c2ccc(Cl)cc2CN(C2(C(F)(F)F)COC2)C4)C3)ccc1F. The average molecular weight is 550 g/mol. The normalized spacial score (nSPS) is 21.7. The molecular weight excluding hydrogens is 526 g/mol. The molecule has 3 saturated heterocycles. The lowest BCUT2D eigenvalue weighted by Gasteiger charge is -2.60. The number of halogens is 5. The summed E-state index contributed by atoms with van der Waals surface area (Å²) in [5.74, 6) is 1.49. The number of alkyl halides is 3. The van der Waals surface area contributed by atoms with E-state index in [1.165, 1.54) is 11.0 Å². The first kappa shape index (κ1) is 24.1. The van der Waals surface area contributed by atoms with Gasteiger partial charge in [0.2, 0.25) is 5.95 Å². The number of aromatic nitrogens is 4. The lowest BCUT2D eigenvalue weighted by atomic mass is 9.73. The minimum Gasteiger partial charge on any atom is -0.377 e. The van der Waals surface area contributed by atoms with Crippen LogP contribution in [0, 0.1) is 18.2 Å². The number of aryl methyl sites for hydroxylation is 1. The van der Waals surface area contributed by atoms with Crippen molar-refractivity contribution in [2.24, 2.45) is 5.41 Å². The highest BCUT2D eigenvalue weighted by Crippen LogP contribution is 2.46. The molecule has 0 unspecified atom stereocenters. The quantitative estimate of drug-likeness (QED) is 0.461. The zero-order valence-corrected chi connectivity index (χ0v) is 21.2. The highest BCUT2D eigenvalue weighted by molar-refractivity contribution is 6.30. The summed E-state index contributed by atoms with van der Waals surface area (Å²) < 4.78 is 63.1. The fourth-order valence-corrected chi connectivity index (χ4v) is 6.25. The maximum Gasteiger partial charge on any atom is 0.411 e. The van der Waals surface area contributed by atoms with Crippen LogP contribution in [0.5, 0.6) is 0 Å². The summed E-state index contributed by atoms with van der Waals surface area (Å²) in [4.78, 5) is 9.97. The molecule has 200 valence electrons. The van der Waals surface area contributed by atoms with Gasteiger partial charge < -0.3 is 14.5 Å². The first-order valence-electron chi connectivity index (χ1n) is 12.3. The Morgan fingerprint density at radius 2 is 1.71 bits per heavy atom. The van der Waals surface area contributed by atoms with Crippen LogP contribution in [0.4, 0.5) is 29.3 Å². The number of benzene rings is 1. The van der Waals surface area contributed by atoms with Crippen molar-refractivity contribution in [2.45, 2.75) is 31.7 Å². The van der Waals surface area contributed by atoms with Crippen molar-refractivity contribution in [1.29, 1.82) is 0 Å². The first-order chi connectivity index (χ1) is 18.1. The van der Waals surface area contributed by atoms with Crippen LogP contribution >= 0.6 is 11.6 Å². The van der Waals surface area contributed by atoms with E-state index in [1.807, 2.05) is 10.6 Å². The van der Waals surface area contributed by atoms with Crippen LogP contribution in [0.2, 0.25) is 5.02 Å². The third kappa shape index (κ3) is 3.46. The predicted octanol–water partition coefficient (Wildman–Crippen LogP) is 3.74. The molecule has 0 saturated carbocycles. The van der Waals surface area contributed by atoms with Crippen molar-refractivity contribution in [3.63, 3.8) is 0 Å². The summed E-state index contributed by atoms with van der Waals surface area (Å²) in [7, 11) is 0. The summed E-state index contributed by atoms with van der Waals surface area (Å²) in [6.07, 6.45) is -4.46. The average Bonchev–Trinajstić information content (AvgIpc) is 3.08. The zero-order chi connectivity index (χ0) is 26.4. The van der Waals surface area contributed by atoms with E-state index in [-0.39, 0.29) is 24.3 Å². The molecule has 0 atom stereocenters. The first-order valence-corrected chi connectivity index (χ1v) is 12.7. The number of anilines is 2. The lowest BCUT2D eigenvalue weighted by molar-refractivity contribution is -0.310. The standard InChI is InChI=1S/C25H24ClF4N7O/c1-15-18(27)3-5-20(31-15)34-9-23(10-34)11-35(12-23)22-33-32-21-8-36(24(13-38-14-24)25(28,29)30)7-16-6-17(26)2-4-19(16)37(21)22/h2-6H,7-14H2,1H3. The van der Waals surface area contributed by atoms with Gasteiger partial charge in [0.05, 0.1) is 31.1 Å². The van der Waals surface area contributed by atoms with Gasteiger partial charge in [0.1, 0.15) is 11.6 Å². The largest absolute Gasteiger partial charge is 0.411 e. The molecule has 0 amide bonds. The van der Waals surface area contributed by atoms with E-state index in [0.717, 1.165) is 37.7 Å². The maximum atomic E-state index is 14.2. The second-order valence-corrected chi connectivity index (χ2v) is 11.3. The Hall–Kier alpha value is -2.96. The third-order valence-corrected chi connectivity index (χ3v) is 8.46. The second-order valence-electron chi connectivity index (χ2n) is 10.9. The summed E-state index contributed by atoms with van der Waals surface area (Å²) >= 11 is 6.27. The second kappa shape index (κ2) is 8.03. The molecule has 0 bridgehead atoms. The van der Waals surface area contributed by atoms with Crippen LogP contribution < -0.4 is 9.80 Å². The van der Waals surface area contributed by atoms with Gasteiger partial charge in [0, 0.05) is 43.2 Å².